The first-order valence-electron chi connectivity index (χ1n) is 23.2. The molecule has 3 saturated heterocycles. The Kier molecular flexibility index (Phi) is 15.3. The van der Waals surface area contributed by atoms with Crippen molar-refractivity contribution in [2.24, 2.45) is 0 Å². The lowest BCUT2D eigenvalue weighted by Crippen LogP contribution is -2.52. The maximum absolute atomic E-state index is 14.0. The van der Waals surface area contributed by atoms with E-state index in [-0.39, 0.29) is 47.7 Å². The van der Waals surface area contributed by atoms with E-state index in [0.29, 0.717) is 104 Å². The van der Waals surface area contributed by atoms with E-state index in [1.54, 1.807) is 18.2 Å². The molecule has 6 N–H and O–H groups in total. The largest absolute Gasteiger partial charge is 0.385 e. The molecule has 1 unspecified atom stereocenters. The van der Waals surface area contributed by atoms with E-state index in [9.17, 15) is 37.5 Å². The number of fused-ring (bicyclic) bond motifs is 1. The van der Waals surface area contributed by atoms with Gasteiger partial charge in [0.25, 0.3) is 11.8 Å². The topological polar surface area (TPSA) is 207 Å². The number of ether oxygens (including phenoxy) is 1. The van der Waals surface area contributed by atoms with Gasteiger partial charge >= 0.3 is 0 Å². The van der Waals surface area contributed by atoms with Crippen LogP contribution in [0.15, 0.2) is 72.8 Å². The third-order valence-corrected chi connectivity index (χ3v) is 12.6. The number of piperazine rings is 1. The van der Waals surface area contributed by atoms with Crippen LogP contribution in [-0.4, -0.2) is 109 Å². The van der Waals surface area contributed by atoms with Crippen LogP contribution >= 0.6 is 0 Å². The zero-order valence-corrected chi connectivity index (χ0v) is 37.6. The molecule has 0 radical (unpaired) electrons. The summed E-state index contributed by atoms with van der Waals surface area (Å²) in [5, 5.41) is 22.7. The van der Waals surface area contributed by atoms with Crippen LogP contribution in [0.1, 0.15) is 100.0 Å². The number of amides is 5. The van der Waals surface area contributed by atoms with E-state index in [2.05, 4.69) is 41.7 Å². The standard InChI is InChI=1S/C50H55F2N9O7/c51-34-24-32(25-35(52)27-34)23-31-6-11-42-41(26-31)47(59-58-42)57-48(65)39-10-9-38(29-44(39)54-36-14-21-68-22-15-36)60-17-19-61(20-18-60)46(64)5-3-1-2-4-16-53-37-8-7-33(30-62)40(28-37)49(66)55-43-12-13-45(63)56-50(43)67/h6-11,24-30,36,43,53-54H,1-5,12-23H2,(H,55,66)(H,56,63,67)(H2,57,58,59,65). The fourth-order valence-electron chi connectivity index (χ4n) is 8.89. The molecule has 18 heteroatoms. The van der Waals surface area contributed by atoms with Crippen molar-refractivity contribution in [1.29, 1.82) is 0 Å². The summed E-state index contributed by atoms with van der Waals surface area (Å²) in [6, 6.07) is 18.8. The zero-order valence-electron chi connectivity index (χ0n) is 37.6. The fraction of sp³-hybridized carbons (Fsp3) is 0.380. The number of imide groups is 1. The Labute approximate surface area is 391 Å². The molecule has 4 aromatic carbocycles. The van der Waals surface area contributed by atoms with Crippen LogP contribution in [0.25, 0.3) is 10.9 Å². The van der Waals surface area contributed by atoms with Crippen LogP contribution < -0.4 is 31.5 Å². The number of benzene rings is 4. The van der Waals surface area contributed by atoms with Crippen molar-refractivity contribution in [3.63, 3.8) is 0 Å². The number of aromatic amines is 1. The molecule has 16 nitrogen and oxygen atoms in total. The van der Waals surface area contributed by atoms with E-state index in [1.807, 2.05) is 41.3 Å². The average Bonchev–Trinajstić information content (AvgIpc) is 3.73. The van der Waals surface area contributed by atoms with Gasteiger partial charge in [0, 0.05) is 98.9 Å². The van der Waals surface area contributed by atoms with Crippen molar-refractivity contribution in [3.8, 4) is 0 Å². The number of aromatic nitrogens is 2. The number of nitrogens with one attached hydrogen (secondary N) is 6. The molecule has 0 aliphatic carbocycles. The van der Waals surface area contributed by atoms with Gasteiger partial charge < -0.3 is 35.8 Å². The Morgan fingerprint density at radius 3 is 2.35 bits per heavy atom. The third-order valence-electron chi connectivity index (χ3n) is 12.6. The Balaban J connectivity index is 0.804. The van der Waals surface area contributed by atoms with Crippen LogP contribution in [0.5, 0.6) is 0 Å². The molecule has 5 amide bonds. The highest BCUT2D eigenvalue weighted by Crippen LogP contribution is 2.30. The molecule has 3 fully saturated rings. The molecule has 4 heterocycles. The van der Waals surface area contributed by atoms with Gasteiger partial charge in [-0.15, -0.1) is 0 Å². The number of unbranched alkanes of at least 4 members (excludes halogenated alkanes) is 3. The second-order valence-electron chi connectivity index (χ2n) is 17.5. The number of anilines is 4. The summed E-state index contributed by atoms with van der Waals surface area (Å²) in [5.41, 5.74) is 5.04. The van der Waals surface area contributed by atoms with Crippen molar-refractivity contribution in [2.75, 3.05) is 66.8 Å². The molecule has 68 heavy (non-hydrogen) atoms. The summed E-state index contributed by atoms with van der Waals surface area (Å²) in [6.07, 6.45) is 6.58. The molecule has 1 aromatic heterocycles. The molecular formula is C50H55F2N9O7. The Hall–Kier alpha value is -7.21. The maximum Gasteiger partial charge on any atom is 0.258 e. The van der Waals surface area contributed by atoms with Crippen molar-refractivity contribution >= 4 is 69.6 Å². The third kappa shape index (κ3) is 12.0. The smallest absolute Gasteiger partial charge is 0.258 e. The molecular weight excluding hydrogens is 877 g/mol. The summed E-state index contributed by atoms with van der Waals surface area (Å²) in [7, 11) is 0. The Morgan fingerprint density at radius 2 is 1.59 bits per heavy atom. The minimum atomic E-state index is -0.855. The van der Waals surface area contributed by atoms with Gasteiger partial charge in [-0.2, -0.15) is 5.10 Å². The van der Waals surface area contributed by atoms with Crippen LogP contribution in [0.3, 0.4) is 0 Å². The highest BCUT2D eigenvalue weighted by Gasteiger charge is 2.29. The summed E-state index contributed by atoms with van der Waals surface area (Å²) in [6.45, 7) is 4.29. The van der Waals surface area contributed by atoms with Gasteiger partial charge in [-0.05, 0) is 110 Å². The normalized spacial score (nSPS) is 16.6. The number of hydrogen-bond donors (Lipinski definition) is 6. The van der Waals surface area contributed by atoms with Gasteiger partial charge in [0.05, 0.1) is 16.6 Å². The van der Waals surface area contributed by atoms with Gasteiger partial charge in [-0.1, -0.05) is 18.9 Å². The van der Waals surface area contributed by atoms with Gasteiger partial charge in [0.15, 0.2) is 12.1 Å². The molecule has 1 atom stereocenters. The van der Waals surface area contributed by atoms with Gasteiger partial charge in [-0.25, -0.2) is 8.78 Å². The number of carbonyl (C=O) groups excluding carboxylic acids is 6. The lowest BCUT2D eigenvalue weighted by Gasteiger charge is -2.36. The quantitative estimate of drug-likeness (QED) is 0.0325. The summed E-state index contributed by atoms with van der Waals surface area (Å²) in [4.78, 5) is 79.6. The van der Waals surface area contributed by atoms with Crippen LogP contribution in [0.2, 0.25) is 0 Å². The molecule has 0 saturated carbocycles. The molecule has 356 valence electrons. The van der Waals surface area contributed by atoms with Crippen molar-refractivity contribution in [2.45, 2.75) is 76.3 Å². The van der Waals surface area contributed by atoms with E-state index >= 15 is 0 Å². The first kappa shape index (κ1) is 47.3. The number of aldehydes is 1. The monoisotopic (exact) mass is 931 g/mol. The van der Waals surface area contributed by atoms with E-state index < -0.39 is 29.5 Å². The van der Waals surface area contributed by atoms with Crippen molar-refractivity contribution in [1.82, 2.24) is 25.7 Å². The summed E-state index contributed by atoms with van der Waals surface area (Å²) >= 11 is 0. The number of carbonyl (C=O) groups is 6. The lowest BCUT2D eigenvalue weighted by molar-refractivity contribution is -0.134. The molecule has 5 aromatic rings. The Morgan fingerprint density at radius 1 is 0.809 bits per heavy atom. The minimum Gasteiger partial charge on any atom is -0.385 e. The minimum absolute atomic E-state index is 0.113. The number of rotatable bonds is 18. The molecule has 8 rings (SSSR count). The first-order chi connectivity index (χ1) is 33.0. The van der Waals surface area contributed by atoms with E-state index in [0.717, 1.165) is 55.8 Å². The predicted octanol–water partition coefficient (Wildman–Crippen LogP) is 6.33. The van der Waals surface area contributed by atoms with Crippen molar-refractivity contribution < 1.29 is 42.3 Å². The van der Waals surface area contributed by atoms with Crippen LogP contribution in [0, 0.1) is 11.6 Å². The second-order valence-corrected chi connectivity index (χ2v) is 17.5. The molecule has 0 spiro atoms. The van der Waals surface area contributed by atoms with Crippen LogP contribution in [-0.2, 0) is 25.5 Å². The average molecular weight is 932 g/mol. The molecule has 0 bridgehead atoms. The second kappa shape index (κ2) is 22.1. The first-order valence-corrected chi connectivity index (χ1v) is 23.2. The van der Waals surface area contributed by atoms with Gasteiger partial charge in [0.1, 0.15) is 17.7 Å². The SMILES string of the molecule is O=Cc1ccc(NCCCCCCC(=O)N2CCN(c3ccc(C(=O)Nc4n[nH]c5ccc(Cc6cc(F)cc(F)c6)cc45)c(NC4CCOCC4)c3)CC2)cc1C(=O)NC1CCC(=O)NC1=O. The summed E-state index contributed by atoms with van der Waals surface area (Å²) < 4.78 is 33.4. The van der Waals surface area contributed by atoms with Gasteiger partial charge in [0.2, 0.25) is 17.7 Å². The fourth-order valence-corrected chi connectivity index (χ4v) is 8.89. The van der Waals surface area contributed by atoms with E-state index in [4.69, 9.17) is 4.74 Å². The Bertz CT molecular complexity index is 2660. The number of hydrogen-bond acceptors (Lipinski definition) is 11. The number of piperidine rings is 1. The molecule has 3 aliphatic rings. The number of halogens is 2. The highest BCUT2D eigenvalue weighted by molar-refractivity contribution is 6.11. The molecule has 3 aliphatic heterocycles. The number of nitrogens with zero attached hydrogens (tertiary/aromatic N) is 3. The predicted molar refractivity (Wildman–Crippen MR) is 253 cm³/mol. The zero-order chi connectivity index (χ0) is 47.6. The van der Waals surface area contributed by atoms with Crippen molar-refractivity contribution in [3.05, 3.63) is 112 Å². The van der Waals surface area contributed by atoms with Gasteiger partial charge in [-0.3, -0.25) is 39.2 Å². The van der Waals surface area contributed by atoms with E-state index in [1.165, 1.54) is 12.1 Å². The lowest BCUT2D eigenvalue weighted by atomic mass is 10.0. The summed E-state index contributed by atoms with van der Waals surface area (Å²) in [5.74, 6) is -2.70. The number of H-pyrrole nitrogens is 1. The van der Waals surface area contributed by atoms with Crippen LogP contribution in [0.4, 0.5) is 31.7 Å². The highest BCUT2D eigenvalue weighted by atomic mass is 19.1. The maximum atomic E-state index is 14.0.